The summed E-state index contributed by atoms with van der Waals surface area (Å²) in [6.07, 6.45) is 3.78. The van der Waals surface area contributed by atoms with Crippen LogP contribution in [0.15, 0.2) is 16.7 Å². The van der Waals surface area contributed by atoms with Gasteiger partial charge in [0.05, 0.1) is 5.56 Å². The van der Waals surface area contributed by atoms with Gasteiger partial charge in [-0.2, -0.15) is 5.26 Å². The van der Waals surface area contributed by atoms with Gasteiger partial charge < -0.3 is 4.90 Å². The van der Waals surface area contributed by atoms with E-state index in [4.69, 9.17) is 5.26 Å². The second kappa shape index (κ2) is 4.63. The van der Waals surface area contributed by atoms with Gasteiger partial charge in [0.2, 0.25) is 0 Å². The SMILES string of the molecule is N#Cc1ccc(N2CCCCC2)nc1Br. The van der Waals surface area contributed by atoms with E-state index in [0.29, 0.717) is 10.2 Å². The molecule has 0 unspecified atom stereocenters. The number of anilines is 1. The summed E-state index contributed by atoms with van der Waals surface area (Å²) in [6.45, 7) is 2.15. The fourth-order valence-electron chi connectivity index (χ4n) is 1.81. The molecular formula is C11H12BrN3. The van der Waals surface area contributed by atoms with Gasteiger partial charge in [-0.1, -0.05) is 0 Å². The molecule has 3 nitrogen and oxygen atoms in total. The van der Waals surface area contributed by atoms with Gasteiger partial charge in [0.15, 0.2) is 0 Å². The molecule has 0 saturated carbocycles. The predicted molar refractivity (Wildman–Crippen MR) is 62.7 cm³/mol. The molecule has 0 radical (unpaired) electrons. The van der Waals surface area contributed by atoms with Gasteiger partial charge in [-0.3, -0.25) is 0 Å². The average molecular weight is 266 g/mol. The minimum atomic E-state index is 0.593. The Morgan fingerprint density at radius 3 is 2.60 bits per heavy atom. The van der Waals surface area contributed by atoms with Crippen LogP contribution in [0, 0.1) is 11.3 Å². The van der Waals surface area contributed by atoms with Crippen LogP contribution in [0.1, 0.15) is 24.8 Å². The topological polar surface area (TPSA) is 39.9 Å². The van der Waals surface area contributed by atoms with E-state index in [2.05, 4.69) is 31.9 Å². The Morgan fingerprint density at radius 1 is 1.27 bits per heavy atom. The van der Waals surface area contributed by atoms with Gasteiger partial charge in [0.25, 0.3) is 0 Å². The van der Waals surface area contributed by atoms with Gasteiger partial charge in [-0.15, -0.1) is 0 Å². The largest absolute Gasteiger partial charge is 0.357 e. The summed E-state index contributed by atoms with van der Waals surface area (Å²) in [5.74, 6) is 0.973. The highest BCUT2D eigenvalue weighted by Crippen LogP contribution is 2.21. The molecule has 0 N–H and O–H groups in total. The molecule has 1 aromatic rings. The van der Waals surface area contributed by atoms with E-state index in [1.54, 1.807) is 0 Å². The number of piperidine rings is 1. The summed E-state index contributed by atoms with van der Waals surface area (Å²) < 4.78 is 0.646. The molecule has 1 fully saturated rings. The van der Waals surface area contributed by atoms with E-state index < -0.39 is 0 Å². The molecule has 2 rings (SSSR count). The maximum absolute atomic E-state index is 8.79. The molecule has 2 heterocycles. The highest BCUT2D eigenvalue weighted by Gasteiger charge is 2.13. The van der Waals surface area contributed by atoms with Crippen LogP contribution in [-0.2, 0) is 0 Å². The average Bonchev–Trinajstić information content (AvgIpc) is 2.30. The molecule has 1 aliphatic rings. The van der Waals surface area contributed by atoms with E-state index in [9.17, 15) is 0 Å². The molecule has 4 heteroatoms. The lowest BCUT2D eigenvalue weighted by atomic mass is 10.1. The lowest BCUT2D eigenvalue weighted by Gasteiger charge is -2.27. The van der Waals surface area contributed by atoms with Crippen molar-refractivity contribution < 1.29 is 0 Å². The smallest absolute Gasteiger partial charge is 0.129 e. The van der Waals surface area contributed by atoms with Crippen LogP contribution in [0.3, 0.4) is 0 Å². The maximum Gasteiger partial charge on any atom is 0.129 e. The summed E-state index contributed by atoms with van der Waals surface area (Å²) in [5, 5.41) is 8.79. The number of rotatable bonds is 1. The number of nitrogens with zero attached hydrogens (tertiary/aromatic N) is 3. The maximum atomic E-state index is 8.79. The monoisotopic (exact) mass is 265 g/mol. The molecule has 0 bridgehead atoms. The van der Waals surface area contributed by atoms with Gasteiger partial charge in [0, 0.05) is 13.1 Å². The quantitative estimate of drug-likeness (QED) is 0.734. The Bertz CT molecular complexity index is 391. The van der Waals surface area contributed by atoms with Crippen LogP contribution in [0.5, 0.6) is 0 Å². The van der Waals surface area contributed by atoms with E-state index in [1.807, 2.05) is 12.1 Å². The van der Waals surface area contributed by atoms with Gasteiger partial charge in [0.1, 0.15) is 16.5 Å². The summed E-state index contributed by atoms with van der Waals surface area (Å²) in [4.78, 5) is 6.66. The molecule has 1 aromatic heterocycles. The first-order valence-corrected chi connectivity index (χ1v) is 5.92. The van der Waals surface area contributed by atoms with Crippen molar-refractivity contribution in [3.05, 3.63) is 22.3 Å². The summed E-state index contributed by atoms with van der Waals surface area (Å²) >= 11 is 3.31. The van der Waals surface area contributed by atoms with Crippen LogP contribution in [0.25, 0.3) is 0 Å². The number of hydrogen-bond acceptors (Lipinski definition) is 3. The highest BCUT2D eigenvalue weighted by molar-refractivity contribution is 9.10. The van der Waals surface area contributed by atoms with Crippen molar-refractivity contribution in [1.82, 2.24) is 4.98 Å². The predicted octanol–water partition coefficient (Wildman–Crippen LogP) is 2.71. The van der Waals surface area contributed by atoms with E-state index >= 15 is 0 Å². The lowest BCUT2D eigenvalue weighted by Crippen LogP contribution is -2.30. The minimum absolute atomic E-state index is 0.593. The zero-order valence-electron chi connectivity index (χ0n) is 8.41. The van der Waals surface area contributed by atoms with E-state index in [1.165, 1.54) is 19.3 Å². The second-order valence-corrected chi connectivity index (χ2v) is 4.42. The van der Waals surface area contributed by atoms with Crippen LogP contribution in [0.2, 0.25) is 0 Å². The molecule has 0 amide bonds. The summed E-state index contributed by atoms with van der Waals surface area (Å²) in [5.41, 5.74) is 0.593. The first kappa shape index (κ1) is 10.4. The lowest BCUT2D eigenvalue weighted by molar-refractivity contribution is 0.573. The Morgan fingerprint density at radius 2 is 2.00 bits per heavy atom. The van der Waals surface area contributed by atoms with E-state index in [0.717, 1.165) is 18.9 Å². The molecule has 0 aliphatic carbocycles. The number of hydrogen-bond donors (Lipinski definition) is 0. The second-order valence-electron chi connectivity index (χ2n) is 3.67. The Balaban J connectivity index is 2.22. The first-order chi connectivity index (χ1) is 7.31. The zero-order chi connectivity index (χ0) is 10.7. The van der Waals surface area contributed by atoms with Crippen LogP contribution < -0.4 is 4.90 Å². The molecule has 15 heavy (non-hydrogen) atoms. The van der Waals surface area contributed by atoms with Gasteiger partial charge in [-0.25, -0.2) is 4.98 Å². The third kappa shape index (κ3) is 2.29. The van der Waals surface area contributed by atoms with E-state index in [-0.39, 0.29) is 0 Å². The third-order valence-corrected chi connectivity index (χ3v) is 3.24. The first-order valence-electron chi connectivity index (χ1n) is 5.13. The molecule has 0 spiro atoms. The third-order valence-electron chi connectivity index (χ3n) is 2.63. The number of pyridine rings is 1. The van der Waals surface area contributed by atoms with Crippen molar-refractivity contribution in [3.8, 4) is 6.07 Å². The normalized spacial score (nSPS) is 16.1. The molecule has 0 aromatic carbocycles. The molecule has 78 valence electrons. The Labute approximate surface area is 97.9 Å². The zero-order valence-corrected chi connectivity index (χ0v) is 10.00. The number of halogens is 1. The molecular weight excluding hydrogens is 254 g/mol. The molecule has 1 aliphatic heterocycles. The summed E-state index contributed by atoms with van der Waals surface area (Å²) in [7, 11) is 0. The van der Waals surface area contributed by atoms with Crippen molar-refractivity contribution in [1.29, 1.82) is 5.26 Å². The minimum Gasteiger partial charge on any atom is -0.357 e. The highest BCUT2D eigenvalue weighted by atomic mass is 79.9. The molecule has 1 saturated heterocycles. The standard InChI is InChI=1S/C11H12BrN3/c12-11-9(8-13)4-5-10(14-11)15-6-2-1-3-7-15/h4-5H,1-3,6-7H2. The van der Waals surface area contributed by atoms with Gasteiger partial charge >= 0.3 is 0 Å². The van der Waals surface area contributed by atoms with Gasteiger partial charge in [-0.05, 0) is 47.3 Å². The van der Waals surface area contributed by atoms with Crippen LogP contribution >= 0.6 is 15.9 Å². The summed E-state index contributed by atoms with van der Waals surface area (Å²) in [6, 6.07) is 5.84. The van der Waals surface area contributed by atoms with Crippen molar-refractivity contribution in [2.75, 3.05) is 18.0 Å². The molecule has 0 atom stereocenters. The Kier molecular flexibility index (Phi) is 3.22. The van der Waals surface area contributed by atoms with Crippen molar-refractivity contribution in [3.63, 3.8) is 0 Å². The van der Waals surface area contributed by atoms with Crippen molar-refractivity contribution >= 4 is 21.7 Å². The fourth-order valence-corrected chi connectivity index (χ4v) is 2.21. The van der Waals surface area contributed by atoms with Crippen LogP contribution in [-0.4, -0.2) is 18.1 Å². The van der Waals surface area contributed by atoms with Crippen molar-refractivity contribution in [2.45, 2.75) is 19.3 Å². The number of nitriles is 1. The fraction of sp³-hybridized carbons (Fsp3) is 0.455. The Hall–Kier alpha value is -1.08. The number of aromatic nitrogens is 1. The van der Waals surface area contributed by atoms with Crippen molar-refractivity contribution in [2.24, 2.45) is 0 Å². The van der Waals surface area contributed by atoms with Crippen LogP contribution in [0.4, 0.5) is 5.82 Å².